The molecule has 0 aliphatic rings. The predicted molar refractivity (Wildman–Crippen MR) is 71.9 cm³/mol. The van der Waals surface area contributed by atoms with Crippen molar-refractivity contribution in [3.8, 4) is 5.75 Å². The van der Waals surface area contributed by atoms with Gasteiger partial charge in [0.15, 0.2) is 11.6 Å². The summed E-state index contributed by atoms with van der Waals surface area (Å²) in [5.41, 5.74) is 0. The van der Waals surface area contributed by atoms with Gasteiger partial charge in [-0.2, -0.15) is 0 Å². The molecule has 0 heterocycles. The van der Waals surface area contributed by atoms with Crippen molar-refractivity contribution < 1.29 is 9.13 Å². The standard InChI is InChI=1S/C13H19BrFNO/c1-4-16-8-13(9(2)3)17-12-7-10(14)5-6-11(12)15/h5-7,9,13,16H,4,8H2,1-3H3. The first-order valence-electron chi connectivity index (χ1n) is 5.87. The summed E-state index contributed by atoms with van der Waals surface area (Å²) in [7, 11) is 0. The zero-order chi connectivity index (χ0) is 12.8. The molecule has 0 spiro atoms. The molecule has 0 aromatic heterocycles. The van der Waals surface area contributed by atoms with Crippen LogP contribution in [0.1, 0.15) is 20.8 Å². The molecule has 1 atom stereocenters. The van der Waals surface area contributed by atoms with Crippen LogP contribution in [0.2, 0.25) is 0 Å². The van der Waals surface area contributed by atoms with Crippen LogP contribution in [0.3, 0.4) is 0 Å². The molecular formula is C13H19BrFNO. The lowest BCUT2D eigenvalue weighted by Gasteiger charge is -2.23. The summed E-state index contributed by atoms with van der Waals surface area (Å²) in [6, 6.07) is 4.73. The van der Waals surface area contributed by atoms with Gasteiger partial charge in [0.2, 0.25) is 0 Å². The zero-order valence-electron chi connectivity index (χ0n) is 10.5. The molecule has 4 heteroatoms. The summed E-state index contributed by atoms with van der Waals surface area (Å²) >= 11 is 3.31. The van der Waals surface area contributed by atoms with Gasteiger partial charge in [-0.05, 0) is 30.7 Å². The van der Waals surface area contributed by atoms with E-state index >= 15 is 0 Å². The van der Waals surface area contributed by atoms with E-state index in [-0.39, 0.29) is 11.9 Å². The Bertz CT molecular complexity index is 357. The Labute approximate surface area is 111 Å². The quantitative estimate of drug-likeness (QED) is 0.867. The first-order chi connectivity index (χ1) is 8.04. The first kappa shape index (κ1) is 14.5. The molecule has 0 radical (unpaired) electrons. The second-order valence-electron chi connectivity index (χ2n) is 4.28. The molecule has 2 nitrogen and oxygen atoms in total. The largest absolute Gasteiger partial charge is 0.486 e. The minimum absolute atomic E-state index is 0.0289. The van der Waals surface area contributed by atoms with Crippen LogP contribution in [0.25, 0.3) is 0 Å². The van der Waals surface area contributed by atoms with E-state index in [4.69, 9.17) is 4.74 Å². The van der Waals surface area contributed by atoms with Crippen LogP contribution in [-0.4, -0.2) is 19.2 Å². The van der Waals surface area contributed by atoms with E-state index < -0.39 is 0 Å². The van der Waals surface area contributed by atoms with E-state index in [1.165, 1.54) is 6.07 Å². The Hall–Kier alpha value is -0.610. The Morgan fingerprint density at radius 1 is 1.41 bits per heavy atom. The molecule has 0 saturated heterocycles. The number of ether oxygens (including phenoxy) is 1. The van der Waals surface area contributed by atoms with Gasteiger partial charge in [0.25, 0.3) is 0 Å². The fraction of sp³-hybridized carbons (Fsp3) is 0.538. The highest BCUT2D eigenvalue weighted by Crippen LogP contribution is 2.24. The average molecular weight is 304 g/mol. The van der Waals surface area contributed by atoms with Gasteiger partial charge in [-0.3, -0.25) is 0 Å². The van der Waals surface area contributed by atoms with Gasteiger partial charge >= 0.3 is 0 Å². The smallest absolute Gasteiger partial charge is 0.165 e. The molecule has 0 bridgehead atoms. The van der Waals surface area contributed by atoms with Gasteiger partial charge in [-0.1, -0.05) is 36.7 Å². The van der Waals surface area contributed by atoms with E-state index in [9.17, 15) is 4.39 Å². The highest BCUT2D eigenvalue weighted by Gasteiger charge is 2.16. The third kappa shape index (κ3) is 4.64. The number of likely N-dealkylation sites (N-methyl/N-ethyl adjacent to an activating group) is 1. The predicted octanol–water partition coefficient (Wildman–Crippen LogP) is 3.60. The maximum atomic E-state index is 13.5. The molecule has 0 aliphatic heterocycles. The monoisotopic (exact) mass is 303 g/mol. The van der Waals surface area contributed by atoms with E-state index in [0.29, 0.717) is 11.7 Å². The Morgan fingerprint density at radius 3 is 2.71 bits per heavy atom. The second-order valence-corrected chi connectivity index (χ2v) is 5.20. The summed E-state index contributed by atoms with van der Waals surface area (Å²) < 4.78 is 20.1. The number of benzene rings is 1. The van der Waals surface area contributed by atoms with E-state index in [1.54, 1.807) is 12.1 Å². The van der Waals surface area contributed by atoms with Crippen molar-refractivity contribution in [2.75, 3.05) is 13.1 Å². The van der Waals surface area contributed by atoms with Gasteiger partial charge in [-0.25, -0.2) is 4.39 Å². The van der Waals surface area contributed by atoms with Gasteiger partial charge in [0.05, 0.1) is 0 Å². The van der Waals surface area contributed by atoms with Crippen LogP contribution in [0.15, 0.2) is 22.7 Å². The number of halogens is 2. The molecule has 0 aliphatic carbocycles. The topological polar surface area (TPSA) is 21.3 Å². The highest BCUT2D eigenvalue weighted by atomic mass is 79.9. The van der Waals surface area contributed by atoms with Crippen molar-refractivity contribution in [1.82, 2.24) is 5.32 Å². The molecule has 96 valence electrons. The minimum Gasteiger partial charge on any atom is -0.486 e. The summed E-state index contributed by atoms with van der Waals surface area (Å²) in [6.45, 7) is 7.78. The third-order valence-corrected chi connectivity index (χ3v) is 3.00. The number of nitrogens with one attached hydrogen (secondary N) is 1. The minimum atomic E-state index is -0.324. The van der Waals surface area contributed by atoms with Crippen molar-refractivity contribution in [1.29, 1.82) is 0 Å². The normalized spacial score (nSPS) is 12.8. The molecule has 17 heavy (non-hydrogen) atoms. The van der Waals surface area contributed by atoms with Crippen LogP contribution >= 0.6 is 15.9 Å². The molecule has 0 fully saturated rings. The van der Waals surface area contributed by atoms with Crippen LogP contribution in [-0.2, 0) is 0 Å². The number of hydrogen-bond acceptors (Lipinski definition) is 2. The maximum Gasteiger partial charge on any atom is 0.165 e. The first-order valence-corrected chi connectivity index (χ1v) is 6.66. The summed E-state index contributed by atoms with van der Waals surface area (Å²) in [6.07, 6.45) is -0.0289. The van der Waals surface area contributed by atoms with Crippen LogP contribution in [0.4, 0.5) is 4.39 Å². The fourth-order valence-corrected chi connectivity index (χ4v) is 1.77. The Morgan fingerprint density at radius 2 is 2.12 bits per heavy atom. The molecule has 0 saturated carbocycles. The van der Waals surface area contributed by atoms with E-state index in [0.717, 1.165) is 17.6 Å². The summed E-state index contributed by atoms with van der Waals surface area (Å²) in [5, 5.41) is 3.22. The Kier molecular flexibility index (Phi) is 5.92. The van der Waals surface area contributed by atoms with Crippen LogP contribution in [0, 0.1) is 11.7 Å². The van der Waals surface area contributed by atoms with Crippen molar-refractivity contribution in [2.24, 2.45) is 5.92 Å². The third-order valence-electron chi connectivity index (χ3n) is 2.51. The van der Waals surface area contributed by atoms with Crippen molar-refractivity contribution in [2.45, 2.75) is 26.9 Å². The lowest BCUT2D eigenvalue weighted by atomic mass is 10.1. The summed E-state index contributed by atoms with van der Waals surface area (Å²) in [4.78, 5) is 0. The molecule has 1 aromatic rings. The van der Waals surface area contributed by atoms with Crippen LogP contribution in [0.5, 0.6) is 5.75 Å². The average Bonchev–Trinajstić information content (AvgIpc) is 2.28. The molecule has 1 aromatic carbocycles. The van der Waals surface area contributed by atoms with E-state index in [1.807, 2.05) is 6.92 Å². The van der Waals surface area contributed by atoms with Gasteiger partial charge in [0, 0.05) is 11.0 Å². The van der Waals surface area contributed by atoms with E-state index in [2.05, 4.69) is 35.1 Å². The van der Waals surface area contributed by atoms with Gasteiger partial charge < -0.3 is 10.1 Å². The molecule has 0 amide bonds. The molecular weight excluding hydrogens is 285 g/mol. The van der Waals surface area contributed by atoms with Crippen molar-refractivity contribution in [3.05, 3.63) is 28.5 Å². The molecule has 1 unspecified atom stereocenters. The Balaban J connectivity index is 2.74. The van der Waals surface area contributed by atoms with Crippen molar-refractivity contribution >= 4 is 15.9 Å². The van der Waals surface area contributed by atoms with Gasteiger partial charge in [0.1, 0.15) is 6.10 Å². The maximum absolute atomic E-state index is 13.5. The highest BCUT2D eigenvalue weighted by molar-refractivity contribution is 9.10. The van der Waals surface area contributed by atoms with Crippen molar-refractivity contribution in [3.63, 3.8) is 0 Å². The number of hydrogen-bond donors (Lipinski definition) is 1. The second kappa shape index (κ2) is 6.97. The summed E-state index contributed by atoms with van der Waals surface area (Å²) in [5.74, 6) is 0.304. The van der Waals surface area contributed by atoms with Crippen LogP contribution < -0.4 is 10.1 Å². The molecule has 1 N–H and O–H groups in total. The molecule has 1 rings (SSSR count). The zero-order valence-corrected chi connectivity index (χ0v) is 12.1. The lowest BCUT2D eigenvalue weighted by molar-refractivity contribution is 0.143. The fourth-order valence-electron chi connectivity index (χ4n) is 1.43. The number of rotatable bonds is 6. The van der Waals surface area contributed by atoms with Gasteiger partial charge in [-0.15, -0.1) is 0 Å². The SMILES string of the molecule is CCNCC(Oc1cc(Br)ccc1F)C(C)C. The lowest BCUT2D eigenvalue weighted by Crippen LogP contribution is -2.35.